The molecular weight excluding hydrogens is 414 g/mol. The largest absolute Gasteiger partial charge is 0.496 e. The van der Waals surface area contributed by atoms with Crippen molar-refractivity contribution in [1.82, 2.24) is 15.0 Å². The Kier molecular flexibility index (Phi) is 5.43. The SMILES string of the molecule is COc1ccc(NC(=O)Nc2ccc(-c3nc4ccccc4[nH]3)cc2)cc1-c1cccnc1. The van der Waals surface area contributed by atoms with Gasteiger partial charge >= 0.3 is 6.03 Å². The molecule has 0 aliphatic heterocycles. The number of urea groups is 1. The fourth-order valence-corrected chi connectivity index (χ4v) is 3.63. The summed E-state index contributed by atoms with van der Waals surface area (Å²) in [6.07, 6.45) is 3.47. The maximum atomic E-state index is 12.6. The first kappa shape index (κ1) is 20.3. The Morgan fingerprint density at radius 1 is 0.879 bits per heavy atom. The zero-order chi connectivity index (χ0) is 22.6. The van der Waals surface area contributed by atoms with Crippen LogP contribution in [0.2, 0.25) is 0 Å². The lowest BCUT2D eigenvalue weighted by molar-refractivity contribution is 0.262. The maximum Gasteiger partial charge on any atom is 0.323 e. The molecule has 3 aromatic carbocycles. The first-order chi connectivity index (χ1) is 16.2. The van der Waals surface area contributed by atoms with Gasteiger partial charge in [0.2, 0.25) is 0 Å². The van der Waals surface area contributed by atoms with Crippen molar-refractivity contribution in [3.8, 4) is 28.3 Å². The van der Waals surface area contributed by atoms with E-state index in [4.69, 9.17) is 4.74 Å². The van der Waals surface area contributed by atoms with Crippen molar-refractivity contribution < 1.29 is 9.53 Å². The quantitative estimate of drug-likeness (QED) is 0.318. The number of pyridine rings is 1. The monoisotopic (exact) mass is 435 g/mol. The third-order valence-electron chi connectivity index (χ3n) is 5.24. The van der Waals surface area contributed by atoms with E-state index in [1.54, 1.807) is 25.6 Å². The van der Waals surface area contributed by atoms with Gasteiger partial charge in [-0.1, -0.05) is 18.2 Å². The molecule has 7 heteroatoms. The number of carbonyl (C=O) groups is 1. The van der Waals surface area contributed by atoms with E-state index in [9.17, 15) is 4.79 Å². The Hall–Kier alpha value is -4.65. The van der Waals surface area contributed by atoms with Gasteiger partial charge in [0, 0.05) is 40.5 Å². The number of aromatic amines is 1. The normalized spacial score (nSPS) is 10.7. The number of ether oxygens (including phenoxy) is 1. The molecule has 0 aliphatic carbocycles. The van der Waals surface area contributed by atoms with Gasteiger partial charge in [-0.2, -0.15) is 0 Å². The summed E-state index contributed by atoms with van der Waals surface area (Å²) in [6.45, 7) is 0. The van der Waals surface area contributed by atoms with Gasteiger partial charge < -0.3 is 20.4 Å². The van der Waals surface area contributed by atoms with E-state index >= 15 is 0 Å². The van der Waals surface area contributed by atoms with Crippen LogP contribution in [0.3, 0.4) is 0 Å². The van der Waals surface area contributed by atoms with Gasteiger partial charge in [-0.15, -0.1) is 0 Å². The van der Waals surface area contributed by atoms with Crippen LogP contribution in [-0.2, 0) is 0 Å². The Morgan fingerprint density at radius 2 is 1.67 bits per heavy atom. The lowest BCUT2D eigenvalue weighted by Crippen LogP contribution is -2.19. The van der Waals surface area contributed by atoms with E-state index in [2.05, 4.69) is 25.6 Å². The minimum Gasteiger partial charge on any atom is -0.496 e. The molecule has 5 aromatic rings. The number of nitrogens with zero attached hydrogens (tertiary/aromatic N) is 2. The number of rotatable bonds is 5. The summed E-state index contributed by atoms with van der Waals surface area (Å²) in [7, 11) is 1.62. The number of aromatic nitrogens is 3. The minimum absolute atomic E-state index is 0.339. The number of hydrogen-bond acceptors (Lipinski definition) is 4. The fraction of sp³-hybridized carbons (Fsp3) is 0.0385. The van der Waals surface area contributed by atoms with Gasteiger partial charge in [-0.05, 0) is 60.7 Å². The van der Waals surface area contributed by atoms with E-state index in [0.717, 1.165) is 33.5 Å². The Labute approximate surface area is 190 Å². The molecule has 0 unspecified atom stereocenters. The van der Waals surface area contributed by atoms with Crippen molar-refractivity contribution in [2.24, 2.45) is 0 Å². The summed E-state index contributed by atoms with van der Waals surface area (Å²) in [4.78, 5) is 24.6. The molecule has 0 atom stereocenters. The van der Waals surface area contributed by atoms with Crippen LogP contribution in [0.1, 0.15) is 0 Å². The molecule has 0 radical (unpaired) electrons. The number of carbonyl (C=O) groups excluding carboxylic acids is 1. The summed E-state index contributed by atoms with van der Waals surface area (Å²) >= 11 is 0. The van der Waals surface area contributed by atoms with Crippen LogP contribution >= 0.6 is 0 Å². The van der Waals surface area contributed by atoms with Crippen molar-refractivity contribution >= 4 is 28.4 Å². The van der Waals surface area contributed by atoms with Crippen LogP contribution < -0.4 is 15.4 Å². The van der Waals surface area contributed by atoms with E-state index in [-0.39, 0.29) is 6.03 Å². The van der Waals surface area contributed by atoms with E-state index in [0.29, 0.717) is 17.1 Å². The Morgan fingerprint density at radius 3 is 2.42 bits per heavy atom. The topological polar surface area (TPSA) is 91.9 Å². The van der Waals surface area contributed by atoms with Gasteiger partial charge in [-0.25, -0.2) is 9.78 Å². The van der Waals surface area contributed by atoms with Crippen molar-refractivity contribution in [3.05, 3.63) is 91.3 Å². The molecule has 2 amide bonds. The van der Waals surface area contributed by atoms with Crippen molar-refractivity contribution in [1.29, 1.82) is 0 Å². The second-order valence-corrected chi connectivity index (χ2v) is 7.42. The van der Waals surface area contributed by atoms with Crippen molar-refractivity contribution in [2.45, 2.75) is 0 Å². The molecule has 0 saturated heterocycles. The number of para-hydroxylation sites is 2. The number of methoxy groups -OCH3 is 1. The molecule has 0 bridgehead atoms. The summed E-state index contributed by atoms with van der Waals surface area (Å²) in [5.74, 6) is 1.49. The van der Waals surface area contributed by atoms with Crippen LogP contribution in [0.15, 0.2) is 91.3 Å². The molecule has 0 aliphatic rings. The maximum absolute atomic E-state index is 12.6. The van der Waals surface area contributed by atoms with Crippen molar-refractivity contribution in [3.63, 3.8) is 0 Å². The van der Waals surface area contributed by atoms with Gasteiger partial charge in [0.25, 0.3) is 0 Å². The zero-order valence-corrected chi connectivity index (χ0v) is 17.9. The number of nitrogens with one attached hydrogen (secondary N) is 3. The fourth-order valence-electron chi connectivity index (χ4n) is 3.63. The smallest absolute Gasteiger partial charge is 0.323 e. The molecule has 2 heterocycles. The summed E-state index contributed by atoms with van der Waals surface area (Å²) in [6, 6.07) is 24.3. The molecule has 162 valence electrons. The number of amides is 2. The third kappa shape index (κ3) is 4.38. The molecule has 0 saturated carbocycles. The minimum atomic E-state index is -0.339. The van der Waals surface area contributed by atoms with E-state index in [1.807, 2.05) is 72.8 Å². The highest BCUT2D eigenvalue weighted by Gasteiger charge is 2.10. The second-order valence-electron chi connectivity index (χ2n) is 7.42. The van der Waals surface area contributed by atoms with Crippen LogP contribution in [0, 0.1) is 0 Å². The average Bonchev–Trinajstić information content (AvgIpc) is 3.29. The highest BCUT2D eigenvalue weighted by atomic mass is 16.5. The van der Waals surface area contributed by atoms with Gasteiger partial charge in [-0.3, -0.25) is 4.98 Å². The van der Waals surface area contributed by atoms with Crippen molar-refractivity contribution in [2.75, 3.05) is 17.7 Å². The van der Waals surface area contributed by atoms with Crippen LogP contribution in [0.4, 0.5) is 16.2 Å². The summed E-state index contributed by atoms with van der Waals surface area (Å²) < 4.78 is 5.46. The number of benzene rings is 3. The molecule has 0 spiro atoms. The highest BCUT2D eigenvalue weighted by Crippen LogP contribution is 2.32. The van der Waals surface area contributed by atoms with Crippen LogP contribution in [0.25, 0.3) is 33.5 Å². The molecule has 2 aromatic heterocycles. The van der Waals surface area contributed by atoms with Gasteiger partial charge in [0.15, 0.2) is 0 Å². The first-order valence-electron chi connectivity index (χ1n) is 10.4. The molecular formula is C26H21N5O2. The first-order valence-corrected chi connectivity index (χ1v) is 10.4. The molecule has 7 nitrogen and oxygen atoms in total. The number of H-pyrrole nitrogens is 1. The number of hydrogen-bond donors (Lipinski definition) is 3. The van der Waals surface area contributed by atoms with Gasteiger partial charge in [0.05, 0.1) is 18.1 Å². The summed E-state index contributed by atoms with van der Waals surface area (Å²) in [5.41, 5.74) is 5.91. The summed E-state index contributed by atoms with van der Waals surface area (Å²) in [5, 5.41) is 5.73. The lowest BCUT2D eigenvalue weighted by atomic mass is 10.1. The third-order valence-corrected chi connectivity index (χ3v) is 5.24. The molecule has 0 fully saturated rings. The van der Waals surface area contributed by atoms with Crippen LogP contribution in [0.5, 0.6) is 5.75 Å². The number of anilines is 2. The molecule has 33 heavy (non-hydrogen) atoms. The number of imidazole rings is 1. The standard InChI is InChI=1S/C26H21N5O2/c1-33-24-13-12-20(15-21(24)18-5-4-14-27-16-18)29-26(32)28-19-10-8-17(9-11-19)25-30-22-6-2-3-7-23(22)31-25/h2-16H,1H3,(H,30,31)(H2,28,29,32). The lowest BCUT2D eigenvalue weighted by Gasteiger charge is -2.12. The Bertz CT molecular complexity index is 1380. The zero-order valence-electron chi connectivity index (χ0n) is 17.9. The number of fused-ring (bicyclic) bond motifs is 1. The molecule has 3 N–H and O–H groups in total. The predicted molar refractivity (Wildman–Crippen MR) is 130 cm³/mol. The van der Waals surface area contributed by atoms with E-state index in [1.165, 1.54) is 0 Å². The molecule has 5 rings (SSSR count). The predicted octanol–water partition coefficient (Wildman–Crippen LogP) is 5.94. The van der Waals surface area contributed by atoms with Crippen LogP contribution in [-0.4, -0.2) is 28.1 Å². The van der Waals surface area contributed by atoms with E-state index < -0.39 is 0 Å². The van der Waals surface area contributed by atoms with Gasteiger partial charge in [0.1, 0.15) is 11.6 Å². The highest BCUT2D eigenvalue weighted by molar-refractivity contribution is 6.00. The average molecular weight is 435 g/mol. The Balaban J connectivity index is 1.29. The second kappa shape index (κ2) is 8.84.